The summed E-state index contributed by atoms with van der Waals surface area (Å²) in [5.41, 5.74) is 0.948. The number of carboxylic acids is 1. The van der Waals surface area contributed by atoms with E-state index in [-0.39, 0.29) is 13.0 Å². The molecule has 2 N–H and O–H groups in total. The largest absolute Gasteiger partial charge is 0.481 e. The van der Waals surface area contributed by atoms with E-state index >= 15 is 0 Å². The fourth-order valence-electron chi connectivity index (χ4n) is 3.01. The number of benzene rings is 1. The van der Waals surface area contributed by atoms with Crippen LogP contribution in [-0.4, -0.2) is 57.8 Å². The van der Waals surface area contributed by atoms with Gasteiger partial charge in [-0.3, -0.25) is 4.79 Å². The number of para-hydroxylation sites is 1. The zero-order chi connectivity index (χ0) is 17.3. The Bertz CT molecular complexity index is 792. The summed E-state index contributed by atoms with van der Waals surface area (Å²) in [4.78, 5) is 30.1. The highest BCUT2D eigenvalue weighted by molar-refractivity contribution is 6.07. The molecular weight excluding hydrogens is 312 g/mol. The SMILES string of the molecule is COc1cc(C(=O)N2CC[C@@H](O)C[C@H]2C(=O)O)c2ccccc2n1. The number of aliphatic hydroxyl groups excluding tert-OH is 1. The first-order valence-electron chi connectivity index (χ1n) is 7.67. The maximum absolute atomic E-state index is 13.0. The fraction of sp³-hybridized carbons (Fsp3) is 0.353. The molecule has 7 heteroatoms. The highest BCUT2D eigenvalue weighted by atomic mass is 16.5. The van der Waals surface area contributed by atoms with Gasteiger partial charge < -0.3 is 19.8 Å². The second-order valence-electron chi connectivity index (χ2n) is 5.76. The first-order valence-corrected chi connectivity index (χ1v) is 7.67. The Balaban J connectivity index is 2.05. The van der Waals surface area contributed by atoms with Crippen molar-refractivity contribution in [1.29, 1.82) is 0 Å². The van der Waals surface area contributed by atoms with E-state index in [1.807, 2.05) is 0 Å². The zero-order valence-corrected chi connectivity index (χ0v) is 13.2. The summed E-state index contributed by atoms with van der Waals surface area (Å²) in [6, 6.07) is 7.61. The molecule has 2 heterocycles. The summed E-state index contributed by atoms with van der Waals surface area (Å²) in [6.45, 7) is 0.190. The highest BCUT2D eigenvalue weighted by Crippen LogP contribution is 2.26. The van der Waals surface area contributed by atoms with Crippen molar-refractivity contribution in [3.8, 4) is 5.88 Å². The lowest BCUT2D eigenvalue weighted by Crippen LogP contribution is -2.51. The lowest BCUT2D eigenvalue weighted by atomic mass is 9.97. The highest BCUT2D eigenvalue weighted by Gasteiger charge is 2.36. The van der Waals surface area contributed by atoms with E-state index in [9.17, 15) is 19.8 Å². The topological polar surface area (TPSA) is 100.0 Å². The van der Waals surface area contributed by atoms with Crippen molar-refractivity contribution in [3.63, 3.8) is 0 Å². The first kappa shape index (κ1) is 16.2. The van der Waals surface area contributed by atoms with E-state index in [0.717, 1.165) is 0 Å². The van der Waals surface area contributed by atoms with E-state index < -0.39 is 24.0 Å². The average molecular weight is 330 g/mol. The zero-order valence-electron chi connectivity index (χ0n) is 13.2. The third kappa shape index (κ3) is 2.90. The van der Waals surface area contributed by atoms with Crippen LogP contribution in [0.25, 0.3) is 10.9 Å². The molecule has 1 aliphatic rings. The number of amides is 1. The van der Waals surface area contributed by atoms with Crippen molar-refractivity contribution in [2.75, 3.05) is 13.7 Å². The van der Waals surface area contributed by atoms with Crippen molar-refractivity contribution in [1.82, 2.24) is 9.88 Å². The molecular formula is C17H18N2O5. The third-order valence-corrected chi connectivity index (χ3v) is 4.25. The molecule has 126 valence electrons. The second kappa shape index (κ2) is 6.45. The van der Waals surface area contributed by atoms with E-state index in [0.29, 0.717) is 28.8 Å². The summed E-state index contributed by atoms with van der Waals surface area (Å²) in [6.07, 6.45) is -0.324. The first-order chi connectivity index (χ1) is 11.5. The Hall–Kier alpha value is -2.67. The number of carbonyl (C=O) groups excluding carboxylic acids is 1. The Morgan fingerprint density at radius 3 is 2.79 bits per heavy atom. The van der Waals surface area contributed by atoms with Crippen LogP contribution in [0.3, 0.4) is 0 Å². The van der Waals surface area contributed by atoms with Crippen LogP contribution < -0.4 is 4.74 Å². The number of rotatable bonds is 3. The van der Waals surface area contributed by atoms with E-state index in [2.05, 4.69) is 4.98 Å². The normalized spacial score (nSPS) is 20.8. The molecule has 24 heavy (non-hydrogen) atoms. The number of aliphatic carboxylic acids is 1. The summed E-state index contributed by atoms with van der Waals surface area (Å²) < 4.78 is 5.15. The molecule has 1 aromatic carbocycles. The van der Waals surface area contributed by atoms with Crippen LogP contribution in [0, 0.1) is 0 Å². The number of methoxy groups -OCH3 is 1. The molecule has 0 spiro atoms. The van der Waals surface area contributed by atoms with E-state index in [4.69, 9.17) is 4.74 Å². The minimum atomic E-state index is -1.12. The summed E-state index contributed by atoms with van der Waals surface area (Å²) in [7, 11) is 1.46. The van der Waals surface area contributed by atoms with Gasteiger partial charge in [-0.25, -0.2) is 9.78 Å². The molecule has 1 aromatic heterocycles. The van der Waals surface area contributed by atoms with Gasteiger partial charge in [0.1, 0.15) is 6.04 Å². The van der Waals surface area contributed by atoms with Crippen LogP contribution in [0.4, 0.5) is 0 Å². The lowest BCUT2D eigenvalue weighted by Gasteiger charge is -2.35. The van der Waals surface area contributed by atoms with Crippen LogP contribution in [0.15, 0.2) is 30.3 Å². The van der Waals surface area contributed by atoms with Gasteiger partial charge >= 0.3 is 5.97 Å². The second-order valence-corrected chi connectivity index (χ2v) is 5.76. The van der Waals surface area contributed by atoms with Crippen molar-refractivity contribution < 1.29 is 24.5 Å². The van der Waals surface area contributed by atoms with Gasteiger partial charge in [-0.2, -0.15) is 0 Å². The van der Waals surface area contributed by atoms with Crippen LogP contribution >= 0.6 is 0 Å². The van der Waals surface area contributed by atoms with Gasteiger partial charge in [0, 0.05) is 24.4 Å². The Morgan fingerprint density at radius 2 is 2.08 bits per heavy atom. The number of ether oxygens (including phenoxy) is 1. The number of piperidine rings is 1. The number of pyridine rings is 1. The van der Waals surface area contributed by atoms with Crippen molar-refractivity contribution in [2.24, 2.45) is 0 Å². The minimum Gasteiger partial charge on any atom is -0.481 e. The third-order valence-electron chi connectivity index (χ3n) is 4.25. The van der Waals surface area contributed by atoms with Gasteiger partial charge in [0.05, 0.1) is 24.3 Å². The van der Waals surface area contributed by atoms with Gasteiger partial charge in [-0.15, -0.1) is 0 Å². The predicted octanol–water partition coefficient (Wildman–Crippen LogP) is 1.29. The van der Waals surface area contributed by atoms with Gasteiger partial charge in [-0.1, -0.05) is 18.2 Å². The van der Waals surface area contributed by atoms with Crippen LogP contribution in [0.5, 0.6) is 5.88 Å². The fourth-order valence-corrected chi connectivity index (χ4v) is 3.01. The van der Waals surface area contributed by atoms with E-state index in [1.54, 1.807) is 24.3 Å². The van der Waals surface area contributed by atoms with Crippen LogP contribution in [0.2, 0.25) is 0 Å². The number of likely N-dealkylation sites (tertiary alicyclic amines) is 1. The van der Waals surface area contributed by atoms with Crippen LogP contribution in [-0.2, 0) is 4.79 Å². The van der Waals surface area contributed by atoms with Gasteiger partial charge in [0.2, 0.25) is 5.88 Å². The van der Waals surface area contributed by atoms with Crippen LogP contribution in [0.1, 0.15) is 23.2 Å². The number of carbonyl (C=O) groups is 2. The Kier molecular flexibility index (Phi) is 4.35. The number of carboxylic acid groups (broad SMARTS) is 1. The molecule has 2 atom stereocenters. The smallest absolute Gasteiger partial charge is 0.326 e. The molecule has 1 fully saturated rings. The predicted molar refractivity (Wildman–Crippen MR) is 86.0 cm³/mol. The molecule has 0 aliphatic carbocycles. The lowest BCUT2D eigenvalue weighted by molar-refractivity contribution is -0.145. The summed E-state index contributed by atoms with van der Waals surface area (Å²) in [5.74, 6) is -1.22. The Labute approximate surface area is 138 Å². The molecule has 1 aliphatic heterocycles. The molecule has 2 aromatic rings. The maximum atomic E-state index is 13.0. The molecule has 7 nitrogen and oxygen atoms in total. The molecule has 3 rings (SSSR count). The molecule has 0 saturated carbocycles. The molecule has 0 unspecified atom stereocenters. The van der Waals surface area contributed by atoms with E-state index in [1.165, 1.54) is 18.1 Å². The van der Waals surface area contributed by atoms with Gasteiger partial charge in [-0.05, 0) is 12.5 Å². The standard InChI is InChI=1S/C17H18N2O5/c1-24-15-9-12(11-4-2-3-5-13(11)18-15)16(21)19-7-6-10(20)8-14(19)17(22)23/h2-5,9-10,14,20H,6-8H2,1H3,(H,22,23)/t10-,14+/m1/s1. The quantitative estimate of drug-likeness (QED) is 0.880. The van der Waals surface area contributed by atoms with Crippen molar-refractivity contribution in [2.45, 2.75) is 25.0 Å². The Morgan fingerprint density at radius 1 is 1.33 bits per heavy atom. The molecule has 1 amide bonds. The van der Waals surface area contributed by atoms with Gasteiger partial charge in [0.25, 0.3) is 5.91 Å². The van der Waals surface area contributed by atoms with Gasteiger partial charge in [0.15, 0.2) is 0 Å². The maximum Gasteiger partial charge on any atom is 0.326 e. The average Bonchev–Trinajstić information content (AvgIpc) is 2.60. The number of hydrogen-bond acceptors (Lipinski definition) is 5. The summed E-state index contributed by atoms with van der Waals surface area (Å²) >= 11 is 0. The summed E-state index contributed by atoms with van der Waals surface area (Å²) in [5, 5.41) is 19.8. The number of nitrogens with zero attached hydrogens (tertiary/aromatic N) is 2. The van der Waals surface area contributed by atoms with Crippen molar-refractivity contribution in [3.05, 3.63) is 35.9 Å². The number of aliphatic hydroxyl groups is 1. The number of aromatic nitrogens is 1. The number of fused-ring (bicyclic) bond motifs is 1. The monoisotopic (exact) mass is 330 g/mol. The molecule has 1 saturated heterocycles. The molecule has 0 radical (unpaired) electrons. The van der Waals surface area contributed by atoms with Crippen molar-refractivity contribution >= 4 is 22.8 Å². The number of hydrogen-bond donors (Lipinski definition) is 2. The molecule has 0 bridgehead atoms. The minimum absolute atomic E-state index is 0.0290.